The Morgan fingerprint density at radius 3 is 2.89 bits per heavy atom. The molecule has 0 bridgehead atoms. The minimum Gasteiger partial charge on any atom is -0.478 e. The monoisotopic (exact) mass is 254 g/mol. The second kappa shape index (κ2) is 4.32. The van der Waals surface area contributed by atoms with E-state index in [0.717, 1.165) is 10.8 Å². The van der Waals surface area contributed by atoms with E-state index in [1.807, 2.05) is 0 Å². The Bertz CT molecular complexity index is 712. The van der Waals surface area contributed by atoms with Crippen molar-refractivity contribution in [3.05, 3.63) is 56.5 Å². The highest BCUT2D eigenvalue weighted by atomic mass is 19.1. The van der Waals surface area contributed by atoms with Crippen molar-refractivity contribution < 1.29 is 18.7 Å². The number of H-pyrrole nitrogens is 1. The summed E-state index contributed by atoms with van der Waals surface area (Å²) < 4.78 is 18.7. The fraction of sp³-hybridized carbons (Fsp3) is 0.100. The van der Waals surface area contributed by atoms with Gasteiger partial charge in [0.05, 0.1) is 19.0 Å². The molecule has 0 aromatic carbocycles. The van der Waals surface area contributed by atoms with Crippen molar-refractivity contribution in [2.45, 2.75) is 6.54 Å². The molecule has 0 saturated carbocycles. The van der Waals surface area contributed by atoms with Gasteiger partial charge in [0, 0.05) is 0 Å². The zero-order valence-electron chi connectivity index (χ0n) is 8.84. The van der Waals surface area contributed by atoms with Gasteiger partial charge in [-0.05, 0) is 6.07 Å². The minimum absolute atomic E-state index is 0.0175. The molecule has 0 unspecified atom stereocenters. The molecule has 2 heterocycles. The highest BCUT2D eigenvalue weighted by Gasteiger charge is 2.15. The molecular weight excluding hydrogens is 247 g/mol. The van der Waals surface area contributed by atoms with Gasteiger partial charge in [-0.25, -0.2) is 9.59 Å². The summed E-state index contributed by atoms with van der Waals surface area (Å²) in [5.41, 5.74) is -2.11. The van der Waals surface area contributed by atoms with E-state index in [2.05, 4.69) is 0 Å². The van der Waals surface area contributed by atoms with Crippen LogP contribution in [0.25, 0.3) is 0 Å². The molecule has 0 radical (unpaired) electrons. The first-order chi connectivity index (χ1) is 8.49. The van der Waals surface area contributed by atoms with Gasteiger partial charge in [0.25, 0.3) is 5.56 Å². The first-order valence-corrected chi connectivity index (χ1v) is 4.78. The number of carboxylic acids is 1. The van der Waals surface area contributed by atoms with E-state index in [1.165, 1.54) is 6.07 Å². The lowest BCUT2D eigenvalue weighted by atomic mass is 10.2. The molecule has 0 aliphatic carbocycles. The van der Waals surface area contributed by atoms with Crippen LogP contribution >= 0.6 is 0 Å². The zero-order chi connectivity index (χ0) is 13.3. The zero-order valence-corrected chi connectivity index (χ0v) is 8.84. The molecule has 0 amide bonds. The Kier molecular flexibility index (Phi) is 2.84. The number of nitrogens with one attached hydrogen (secondary N) is 1. The van der Waals surface area contributed by atoms with E-state index in [4.69, 9.17) is 9.52 Å². The van der Waals surface area contributed by atoms with E-state index in [1.54, 1.807) is 4.98 Å². The summed E-state index contributed by atoms with van der Waals surface area (Å²) in [4.78, 5) is 34.7. The number of carboxylic acid groups (broad SMARTS) is 1. The number of hydrogen-bond donors (Lipinski definition) is 2. The third kappa shape index (κ3) is 2.08. The number of halogens is 1. The van der Waals surface area contributed by atoms with Crippen molar-refractivity contribution in [2.75, 3.05) is 0 Å². The molecule has 0 spiro atoms. The van der Waals surface area contributed by atoms with Gasteiger partial charge in [-0.1, -0.05) is 0 Å². The molecule has 18 heavy (non-hydrogen) atoms. The molecular formula is C10H7FN2O5. The average Bonchev–Trinajstić information content (AvgIpc) is 2.74. The summed E-state index contributed by atoms with van der Waals surface area (Å²) in [5.74, 6) is -2.38. The average molecular weight is 254 g/mol. The van der Waals surface area contributed by atoms with Crippen molar-refractivity contribution in [1.29, 1.82) is 0 Å². The van der Waals surface area contributed by atoms with Crippen molar-refractivity contribution in [3.8, 4) is 0 Å². The highest BCUT2D eigenvalue weighted by Crippen LogP contribution is 2.11. The quantitative estimate of drug-likeness (QED) is 0.802. The second-order valence-corrected chi connectivity index (χ2v) is 3.43. The number of aromatic amines is 1. The van der Waals surface area contributed by atoms with E-state index in [-0.39, 0.29) is 17.9 Å². The topological polar surface area (TPSA) is 105 Å². The summed E-state index contributed by atoms with van der Waals surface area (Å²) >= 11 is 0. The van der Waals surface area contributed by atoms with Crippen LogP contribution in [0.3, 0.4) is 0 Å². The lowest BCUT2D eigenvalue weighted by molar-refractivity contribution is 0.0694. The van der Waals surface area contributed by atoms with Crippen LogP contribution in [0.1, 0.15) is 16.1 Å². The van der Waals surface area contributed by atoms with Gasteiger partial charge < -0.3 is 9.52 Å². The van der Waals surface area contributed by atoms with Crippen LogP contribution < -0.4 is 11.2 Å². The number of carbonyl (C=O) groups is 1. The third-order valence-corrected chi connectivity index (χ3v) is 2.26. The summed E-state index contributed by atoms with van der Waals surface area (Å²) in [5, 5.41) is 8.82. The van der Waals surface area contributed by atoms with Crippen LogP contribution in [0.5, 0.6) is 0 Å². The normalized spacial score (nSPS) is 10.5. The van der Waals surface area contributed by atoms with Crippen LogP contribution in [0.2, 0.25) is 0 Å². The highest BCUT2D eigenvalue weighted by molar-refractivity contribution is 5.88. The Balaban J connectivity index is 2.43. The van der Waals surface area contributed by atoms with Crippen molar-refractivity contribution in [3.63, 3.8) is 0 Å². The molecule has 0 fully saturated rings. The molecule has 0 saturated heterocycles. The first-order valence-electron chi connectivity index (χ1n) is 4.78. The van der Waals surface area contributed by atoms with E-state index >= 15 is 0 Å². The van der Waals surface area contributed by atoms with E-state index < -0.39 is 23.0 Å². The molecule has 7 nitrogen and oxygen atoms in total. The summed E-state index contributed by atoms with van der Waals surface area (Å²) in [6.45, 7) is -0.291. The number of rotatable bonds is 3. The van der Waals surface area contributed by atoms with Gasteiger partial charge in [-0.3, -0.25) is 14.3 Å². The second-order valence-electron chi connectivity index (χ2n) is 3.43. The Hall–Kier alpha value is -2.64. The first kappa shape index (κ1) is 11.8. The molecule has 2 N–H and O–H groups in total. The third-order valence-electron chi connectivity index (χ3n) is 2.26. The molecule has 0 aliphatic heterocycles. The van der Waals surface area contributed by atoms with Crippen LogP contribution in [-0.2, 0) is 6.54 Å². The fourth-order valence-corrected chi connectivity index (χ4v) is 1.41. The van der Waals surface area contributed by atoms with Crippen LogP contribution in [0.15, 0.2) is 32.5 Å². The van der Waals surface area contributed by atoms with Gasteiger partial charge >= 0.3 is 11.7 Å². The number of nitrogens with zero attached hydrogens (tertiary/aromatic N) is 1. The van der Waals surface area contributed by atoms with Gasteiger partial charge in [0.2, 0.25) is 5.82 Å². The van der Waals surface area contributed by atoms with Crippen molar-refractivity contribution in [1.82, 2.24) is 9.55 Å². The van der Waals surface area contributed by atoms with Crippen LogP contribution in [0.4, 0.5) is 4.39 Å². The Labute approximate surface area is 98.1 Å². The maximum Gasteiger partial charge on any atom is 0.339 e. The molecule has 0 atom stereocenters. The molecule has 94 valence electrons. The minimum atomic E-state index is -1.23. The van der Waals surface area contributed by atoms with Crippen molar-refractivity contribution in [2.24, 2.45) is 0 Å². The molecule has 8 heteroatoms. The van der Waals surface area contributed by atoms with Crippen LogP contribution in [-0.4, -0.2) is 20.6 Å². The van der Waals surface area contributed by atoms with E-state index in [0.29, 0.717) is 6.20 Å². The van der Waals surface area contributed by atoms with Gasteiger partial charge in [0.1, 0.15) is 11.3 Å². The predicted molar refractivity (Wildman–Crippen MR) is 56.0 cm³/mol. The lowest BCUT2D eigenvalue weighted by Crippen LogP contribution is -2.31. The Morgan fingerprint density at radius 1 is 1.50 bits per heavy atom. The number of hydrogen-bond acceptors (Lipinski definition) is 4. The predicted octanol–water partition coefficient (Wildman–Crippen LogP) is 0.0152. The van der Waals surface area contributed by atoms with Crippen LogP contribution in [0, 0.1) is 5.82 Å². The maximum atomic E-state index is 13.0. The standard InChI is InChI=1S/C10H7FN2O5/c11-6-3-13(10(17)12-8(6)14)4-7-5(9(15)16)1-2-18-7/h1-3H,4H2,(H,15,16)(H,12,14,17). The maximum absolute atomic E-state index is 13.0. The molecule has 2 aromatic heterocycles. The van der Waals surface area contributed by atoms with Crippen molar-refractivity contribution >= 4 is 5.97 Å². The molecule has 2 rings (SSSR count). The van der Waals surface area contributed by atoms with Gasteiger partial charge in [0.15, 0.2) is 0 Å². The SMILES string of the molecule is O=C(O)c1ccoc1Cn1cc(F)c(=O)[nH]c1=O. The summed E-state index contributed by atoms with van der Waals surface area (Å²) in [7, 11) is 0. The van der Waals surface area contributed by atoms with E-state index in [9.17, 15) is 18.8 Å². The smallest absolute Gasteiger partial charge is 0.339 e. The van der Waals surface area contributed by atoms with Gasteiger partial charge in [-0.15, -0.1) is 0 Å². The summed E-state index contributed by atoms with van der Waals surface area (Å²) in [6.07, 6.45) is 1.83. The largest absolute Gasteiger partial charge is 0.478 e. The number of aromatic carboxylic acids is 1. The lowest BCUT2D eigenvalue weighted by Gasteiger charge is -2.03. The number of furan rings is 1. The Morgan fingerprint density at radius 2 is 2.22 bits per heavy atom. The fourth-order valence-electron chi connectivity index (χ4n) is 1.41. The van der Waals surface area contributed by atoms with Gasteiger partial charge in [-0.2, -0.15) is 4.39 Å². The summed E-state index contributed by atoms with van der Waals surface area (Å²) in [6, 6.07) is 1.21. The number of aromatic nitrogens is 2. The molecule has 2 aromatic rings. The molecule has 0 aliphatic rings.